The minimum Gasteiger partial charge on any atom is -0.308 e. The molecule has 0 radical (unpaired) electrons. The first-order chi connectivity index (χ1) is 12.1. The second-order valence-corrected chi connectivity index (χ2v) is 6.82. The Morgan fingerprint density at radius 3 is 2.40 bits per heavy atom. The standard InChI is InChI=1S/C16H15N5O2S2/c1-10-8-24-15(17-10)20-13(22)7-12-9-25-16(19-12)21-14(23)18-11-5-3-2-4-6-11/h2-6,8-9H,7H2,1H3,(H,17,20,22)(H2,18,19,21,23). The van der Waals surface area contributed by atoms with E-state index in [0.717, 1.165) is 5.69 Å². The summed E-state index contributed by atoms with van der Waals surface area (Å²) in [5.74, 6) is -0.195. The van der Waals surface area contributed by atoms with Gasteiger partial charge >= 0.3 is 6.03 Å². The smallest absolute Gasteiger partial charge is 0.308 e. The highest BCUT2D eigenvalue weighted by Gasteiger charge is 2.11. The molecule has 0 saturated heterocycles. The lowest BCUT2D eigenvalue weighted by Gasteiger charge is -2.04. The van der Waals surface area contributed by atoms with Crippen molar-refractivity contribution in [2.45, 2.75) is 13.3 Å². The van der Waals surface area contributed by atoms with Crippen LogP contribution in [-0.2, 0) is 11.2 Å². The SMILES string of the molecule is Cc1csc(NC(=O)Cc2csc(NC(=O)Nc3ccccc3)n2)n1. The van der Waals surface area contributed by atoms with Crippen LogP contribution in [-0.4, -0.2) is 21.9 Å². The van der Waals surface area contributed by atoms with Crippen LogP contribution in [0.15, 0.2) is 41.1 Å². The molecule has 0 unspecified atom stereocenters. The zero-order valence-electron chi connectivity index (χ0n) is 13.3. The maximum Gasteiger partial charge on any atom is 0.325 e. The molecule has 0 spiro atoms. The van der Waals surface area contributed by atoms with Crippen molar-refractivity contribution in [1.82, 2.24) is 9.97 Å². The summed E-state index contributed by atoms with van der Waals surface area (Å²) in [6.07, 6.45) is 0.122. The lowest BCUT2D eigenvalue weighted by molar-refractivity contribution is -0.115. The summed E-state index contributed by atoms with van der Waals surface area (Å²) < 4.78 is 0. The van der Waals surface area contributed by atoms with E-state index in [9.17, 15) is 9.59 Å². The van der Waals surface area contributed by atoms with Crippen molar-refractivity contribution in [2.75, 3.05) is 16.0 Å². The Morgan fingerprint density at radius 2 is 1.68 bits per heavy atom. The number of urea groups is 1. The lowest BCUT2D eigenvalue weighted by Crippen LogP contribution is -2.19. The minimum absolute atomic E-state index is 0.122. The Morgan fingerprint density at radius 1 is 0.960 bits per heavy atom. The van der Waals surface area contributed by atoms with E-state index in [1.807, 2.05) is 30.5 Å². The Labute approximate surface area is 152 Å². The number of hydrogen-bond donors (Lipinski definition) is 3. The van der Waals surface area contributed by atoms with Crippen LogP contribution in [0.1, 0.15) is 11.4 Å². The first kappa shape index (κ1) is 17.1. The number of para-hydroxylation sites is 1. The average molecular weight is 373 g/mol. The van der Waals surface area contributed by atoms with Crippen LogP contribution in [0.25, 0.3) is 0 Å². The highest BCUT2D eigenvalue weighted by atomic mass is 32.1. The minimum atomic E-state index is -0.380. The van der Waals surface area contributed by atoms with Gasteiger partial charge in [-0.1, -0.05) is 18.2 Å². The van der Waals surface area contributed by atoms with Crippen LogP contribution in [0, 0.1) is 6.92 Å². The number of nitrogens with zero attached hydrogens (tertiary/aromatic N) is 2. The summed E-state index contributed by atoms with van der Waals surface area (Å²) in [6, 6.07) is 8.73. The Bertz CT molecular complexity index is 876. The van der Waals surface area contributed by atoms with Crippen LogP contribution < -0.4 is 16.0 Å². The van der Waals surface area contributed by atoms with Gasteiger partial charge in [0, 0.05) is 16.4 Å². The van der Waals surface area contributed by atoms with Crippen molar-refractivity contribution in [3.63, 3.8) is 0 Å². The number of anilines is 3. The zero-order valence-corrected chi connectivity index (χ0v) is 14.9. The number of carbonyl (C=O) groups is 2. The van der Waals surface area contributed by atoms with E-state index < -0.39 is 0 Å². The number of hydrogen-bond acceptors (Lipinski definition) is 6. The topological polar surface area (TPSA) is 96.0 Å². The lowest BCUT2D eigenvalue weighted by atomic mass is 10.3. The average Bonchev–Trinajstić information content (AvgIpc) is 3.17. The molecule has 128 valence electrons. The predicted octanol–water partition coefficient (Wildman–Crippen LogP) is 3.73. The van der Waals surface area contributed by atoms with E-state index >= 15 is 0 Å². The highest BCUT2D eigenvalue weighted by molar-refractivity contribution is 7.14. The second kappa shape index (κ2) is 7.86. The number of amides is 3. The number of aryl methyl sites for hydroxylation is 1. The number of carbonyl (C=O) groups excluding carboxylic acids is 2. The van der Waals surface area contributed by atoms with Gasteiger partial charge in [0.1, 0.15) is 0 Å². The molecule has 0 bridgehead atoms. The molecule has 0 aliphatic heterocycles. The van der Waals surface area contributed by atoms with Crippen molar-refractivity contribution in [1.29, 1.82) is 0 Å². The third-order valence-electron chi connectivity index (χ3n) is 3.01. The fourth-order valence-electron chi connectivity index (χ4n) is 1.97. The third kappa shape index (κ3) is 5.10. The van der Waals surface area contributed by atoms with Crippen molar-refractivity contribution >= 4 is 50.6 Å². The van der Waals surface area contributed by atoms with E-state index in [1.165, 1.54) is 22.7 Å². The largest absolute Gasteiger partial charge is 0.325 e. The summed E-state index contributed by atoms with van der Waals surface area (Å²) in [6.45, 7) is 1.87. The molecule has 2 aromatic heterocycles. The second-order valence-electron chi connectivity index (χ2n) is 5.11. The molecule has 3 aromatic rings. The Hall–Kier alpha value is -2.78. The van der Waals surface area contributed by atoms with Crippen LogP contribution in [0.5, 0.6) is 0 Å². The quantitative estimate of drug-likeness (QED) is 0.635. The third-order valence-corrected chi connectivity index (χ3v) is 4.69. The highest BCUT2D eigenvalue weighted by Crippen LogP contribution is 2.18. The fraction of sp³-hybridized carbons (Fsp3) is 0.125. The number of thiazole rings is 2. The summed E-state index contributed by atoms with van der Waals surface area (Å²) in [5.41, 5.74) is 2.14. The monoisotopic (exact) mass is 373 g/mol. The molecule has 7 nitrogen and oxygen atoms in total. The maximum absolute atomic E-state index is 12.0. The first-order valence-corrected chi connectivity index (χ1v) is 9.14. The van der Waals surface area contributed by atoms with E-state index in [1.54, 1.807) is 17.5 Å². The van der Waals surface area contributed by atoms with Crippen molar-refractivity contribution in [3.8, 4) is 0 Å². The van der Waals surface area contributed by atoms with Gasteiger partial charge in [-0.3, -0.25) is 10.1 Å². The fourth-order valence-corrected chi connectivity index (χ4v) is 3.38. The van der Waals surface area contributed by atoms with E-state index in [2.05, 4.69) is 25.9 Å². The molecule has 9 heteroatoms. The van der Waals surface area contributed by atoms with Crippen molar-refractivity contribution in [3.05, 3.63) is 52.5 Å². The normalized spacial score (nSPS) is 10.3. The zero-order chi connectivity index (χ0) is 17.6. The Kier molecular flexibility index (Phi) is 5.36. The molecule has 0 saturated carbocycles. The van der Waals surface area contributed by atoms with Gasteiger partial charge in [0.05, 0.1) is 17.8 Å². The van der Waals surface area contributed by atoms with E-state index in [0.29, 0.717) is 21.6 Å². The maximum atomic E-state index is 12.0. The van der Waals surface area contributed by atoms with Gasteiger partial charge in [0.2, 0.25) is 5.91 Å². The molecule has 25 heavy (non-hydrogen) atoms. The molecular weight excluding hydrogens is 358 g/mol. The number of benzene rings is 1. The van der Waals surface area contributed by atoms with E-state index in [-0.39, 0.29) is 18.4 Å². The van der Waals surface area contributed by atoms with Crippen LogP contribution in [0.3, 0.4) is 0 Å². The Balaban J connectivity index is 1.51. The first-order valence-electron chi connectivity index (χ1n) is 7.38. The molecule has 0 fully saturated rings. The van der Waals surface area contributed by atoms with Gasteiger partial charge in [-0.25, -0.2) is 14.8 Å². The molecular formula is C16H15N5O2S2. The van der Waals surface area contributed by atoms with Crippen LogP contribution in [0.4, 0.5) is 20.7 Å². The van der Waals surface area contributed by atoms with Gasteiger partial charge in [-0.15, -0.1) is 22.7 Å². The van der Waals surface area contributed by atoms with Gasteiger partial charge in [-0.2, -0.15) is 0 Å². The molecule has 2 heterocycles. The summed E-state index contributed by atoms with van der Waals surface area (Å²) >= 11 is 2.64. The predicted molar refractivity (Wildman–Crippen MR) is 100 cm³/mol. The molecule has 3 amide bonds. The molecule has 3 rings (SSSR count). The number of aromatic nitrogens is 2. The summed E-state index contributed by atoms with van der Waals surface area (Å²) in [5, 5.41) is 12.7. The summed E-state index contributed by atoms with van der Waals surface area (Å²) in [7, 11) is 0. The molecule has 3 N–H and O–H groups in total. The van der Waals surface area contributed by atoms with Crippen LogP contribution >= 0.6 is 22.7 Å². The van der Waals surface area contributed by atoms with Gasteiger partial charge < -0.3 is 10.6 Å². The van der Waals surface area contributed by atoms with Gasteiger partial charge in [-0.05, 0) is 19.1 Å². The van der Waals surface area contributed by atoms with Crippen LogP contribution in [0.2, 0.25) is 0 Å². The molecule has 0 aliphatic rings. The van der Waals surface area contributed by atoms with Gasteiger partial charge in [0.15, 0.2) is 10.3 Å². The van der Waals surface area contributed by atoms with Gasteiger partial charge in [0.25, 0.3) is 0 Å². The summed E-state index contributed by atoms with van der Waals surface area (Å²) in [4.78, 5) is 32.3. The van der Waals surface area contributed by atoms with Crippen molar-refractivity contribution in [2.24, 2.45) is 0 Å². The van der Waals surface area contributed by atoms with Crippen molar-refractivity contribution < 1.29 is 9.59 Å². The number of rotatable bonds is 5. The number of nitrogens with one attached hydrogen (secondary N) is 3. The molecule has 0 atom stereocenters. The molecule has 0 aliphatic carbocycles. The van der Waals surface area contributed by atoms with E-state index in [4.69, 9.17) is 0 Å². The molecule has 1 aromatic carbocycles.